The highest BCUT2D eigenvalue weighted by Crippen LogP contribution is 2.25. The summed E-state index contributed by atoms with van der Waals surface area (Å²) in [4.78, 5) is 0. The third-order valence-electron chi connectivity index (χ3n) is 3.69. The van der Waals surface area contributed by atoms with Crippen LogP contribution in [0.3, 0.4) is 0 Å². The summed E-state index contributed by atoms with van der Waals surface area (Å²) in [7, 11) is 0. The lowest BCUT2D eigenvalue weighted by molar-refractivity contribution is 1.14. The van der Waals surface area contributed by atoms with Gasteiger partial charge in [0.15, 0.2) is 0 Å². The van der Waals surface area contributed by atoms with Gasteiger partial charge in [-0.2, -0.15) is 0 Å². The molecule has 0 saturated heterocycles. The van der Waals surface area contributed by atoms with Crippen molar-refractivity contribution in [2.75, 3.05) is 0 Å². The number of hydrogen-bond donors (Lipinski definition) is 0. The molecule has 0 aromatic heterocycles. The first-order chi connectivity index (χ1) is 9.26. The first-order valence-corrected chi connectivity index (χ1v) is 6.86. The molecule has 3 aromatic rings. The van der Waals surface area contributed by atoms with Crippen LogP contribution in [0.5, 0.6) is 0 Å². The van der Waals surface area contributed by atoms with Crippen molar-refractivity contribution in [2.45, 2.75) is 20.3 Å². The minimum Gasteiger partial charge on any atom is -0.0613 e. The lowest BCUT2D eigenvalue weighted by atomic mass is 9.99. The molecule has 3 rings (SSSR count). The van der Waals surface area contributed by atoms with Gasteiger partial charge in [-0.3, -0.25) is 0 Å². The Morgan fingerprint density at radius 1 is 0.684 bits per heavy atom. The Bertz CT molecular complexity index is 706. The third-order valence-corrected chi connectivity index (χ3v) is 3.69. The fraction of sp³-hybridized carbons (Fsp3) is 0.158. The molecule has 0 fully saturated rings. The molecular weight excluding hydrogens is 228 g/mol. The van der Waals surface area contributed by atoms with Gasteiger partial charge >= 0.3 is 0 Å². The summed E-state index contributed by atoms with van der Waals surface area (Å²) in [5.74, 6) is 0. The van der Waals surface area contributed by atoms with Gasteiger partial charge in [-0.15, -0.1) is 0 Å². The Morgan fingerprint density at radius 2 is 1.32 bits per heavy atom. The van der Waals surface area contributed by atoms with Crippen LogP contribution in [0.15, 0.2) is 60.7 Å². The van der Waals surface area contributed by atoms with Crippen molar-refractivity contribution in [2.24, 2.45) is 0 Å². The molecule has 0 nitrogen and oxygen atoms in total. The molecule has 0 N–H and O–H groups in total. The molecule has 3 aromatic carbocycles. The minimum absolute atomic E-state index is 1.09. The van der Waals surface area contributed by atoms with Crippen LogP contribution in [-0.4, -0.2) is 0 Å². The number of rotatable bonds is 2. The molecule has 0 unspecified atom stereocenters. The summed E-state index contributed by atoms with van der Waals surface area (Å²) in [5, 5.41) is 2.62. The molecule has 0 radical (unpaired) electrons. The molecule has 0 aliphatic heterocycles. The van der Waals surface area contributed by atoms with Gasteiger partial charge in [0.2, 0.25) is 0 Å². The summed E-state index contributed by atoms with van der Waals surface area (Å²) in [6.45, 7) is 4.32. The largest absolute Gasteiger partial charge is 0.0613 e. The second-order valence-electron chi connectivity index (χ2n) is 5.12. The predicted molar refractivity (Wildman–Crippen MR) is 83.5 cm³/mol. The van der Waals surface area contributed by atoms with Crippen LogP contribution in [-0.2, 0) is 6.42 Å². The number of hydrogen-bond acceptors (Lipinski definition) is 0. The fourth-order valence-corrected chi connectivity index (χ4v) is 2.48. The zero-order valence-electron chi connectivity index (χ0n) is 11.5. The number of aryl methyl sites for hydroxylation is 2. The molecule has 0 spiro atoms. The van der Waals surface area contributed by atoms with E-state index in [1.165, 1.54) is 33.0 Å². The normalized spacial score (nSPS) is 10.8. The number of benzene rings is 3. The molecule has 0 aliphatic carbocycles. The van der Waals surface area contributed by atoms with E-state index in [1.54, 1.807) is 0 Å². The average molecular weight is 246 g/mol. The van der Waals surface area contributed by atoms with E-state index in [1.807, 2.05) is 0 Å². The Labute approximate surface area is 114 Å². The predicted octanol–water partition coefficient (Wildman–Crippen LogP) is 5.38. The fourth-order valence-electron chi connectivity index (χ4n) is 2.48. The highest BCUT2D eigenvalue weighted by atomic mass is 14.0. The topological polar surface area (TPSA) is 0 Å². The van der Waals surface area contributed by atoms with E-state index in [0.717, 1.165) is 6.42 Å². The molecule has 0 heterocycles. The molecule has 0 atom stereocenters. The van der Waals surface area contributed by atoms with E-state index >= 15 is 0 Å². The smallest absolute Gasteiger partial charge is 0.0178 e. The average Bonchev–Trinajstić information content (AvgIpc) is 2.47. The van der Waals surface area contributed by atoms with E-state index < -0.39 is 0 Å². The van der Waals surface area contributed by atoms with Crippen LogP contribution < -0.4 is 0 Å². The van der Waals surface area contributed by atoms with Gasteiger partial charge in [0, 0.05) is 0 Å². The first-order valence-electron chi connectivity index (χ1n) is 6.86. The summed E-state index contributed by atoms with van der Waals surface area (Å²) in [6.07, 6.45) is 1.09. The minimum atomic E-state index is 1.09. The van der Waals surface area contributed by atoms with E-state index in [9.17, 15) is 0 Å². The highest BCUT2D eigenvalue weighted by Gasteiger charge is 2.00. The Morgan fingerprint density at radius 3 is 2.05 bits per heavy atom. The summed E-state index contributed by atoms with van der Waals surface area (Å²) in [5.41, 5.74) is 5.28. The molecule has 0 amide bonds. The lowest BCUT2D eigenvalue weighted by Gasteiger charge is -2.06. The summed E-state index contributed by atoms with van der Waals surface area (Å²) < 4.78 is 0. The molecule has 0 heteroatoms. The molecule has 0 aliphatic rings. The van der Waals surface area contributed by atoms with Crippen molar-refractivity contribution in [3.63, 3.8) is 0 Å². The second kappa shape index (κ2) is 4.89. The van der Waals surface area contributed by atoms with Gasteiger partial charge in [-0.1, -0.05) is 67.1 Å². The maximum Gasteiger partial charge on any atom is -0.0178 e. The third kappa shape index (κ3) is 2.39. The maximum atomic E-state index is 2.27. The standard InChI is InChI=1S/C19H18/c1-3-15-5-8-16(9-6-15)18-11-10-17-12-14(2)4-7-19(17)13-18/h4-13H,3H2,1-2H3. The Hall–Kier alpha value is -2.08. The van der Waals surface area contributed by atoms with Gasteiger partial charge < -0.3 is 0 Å². The van der Waals surface area contributed by atoms with E-state index in [4.69, 9.17) is 0 Å². The summed E-state index contributed by atoms with van der Waals surface area (Å²) in [6, 6.07) is 22.2. The van der Waals surface area contributed by atoms with E-state index in [0.29, 0.717) is 0 Å². The molecule has 94 valence electrons. The second-order valence-corrected chi connectivity index (χ2v) is 5.12. The van der Waals surface area contributed by atoms with Crippen LogP contribution in [0, 0.1) is 6.92 Å². The maximum absolute atomic E-state index is 2.27. The Kier molecular flexibility index (Phi) is 3.08. The quantitative estimate of drug-likeness (QED) is 0.569. The van der Waals surface area contributed by atoms with E-state index in [2.05, 4.69) is 74.5 Å². The van der Waals surface area contributed by atoms with Crippen molar-refractivity contribution < 1.29 is 0 Å². The highest BCUT2D eigenvalue weighted by molar-refractivity contribution is 5.87. The van der Waals surface area contributed by atoms with Crippen LogP contribution in [0.4, 0.5) is 0 Å². The van der Waals surface area contributed by atoms with Crippen molar-refractivity contribution >= 4 is 10.8 Å². The molecule has 19 heavy (non-hydrogen) atoms. The van der Waals surface area contributed by atoms with Crippen LogP contribution in [0.1, 0.15) is 18.1 Å². The van der Waals surface area contributed by atoms with Crippen LogP contribution in [0.2, 0.25) is 0 Å². The van der Waals surface area contributed by atoms with Crippen molar-refractivity contribution in [3.05, 3.63) is 71.8 Å². The van der Waals surface area contributed by atoms with E-state index in [-0.39, 0.29) is 0 Å². The SMILES string of the molecule is CCc1ccc(-c2ccc3cc(C)ccc3c2)cc1. The van der Waals surface area contributed by atoms with Crippen molar-refractivity contribution in [1.82, 2.24) is 0 Å². The first kappa shape index (κ1) is 12.0. The molecular formula is C19H18. The number of fused-ring (bicyclic) bond motifs is 1. The van der Waals surface area contributed by atoms with Crippen molar-refractivity contribution in [3.8, 4) is 11.1 Å². The van der Waals surface area contributed by atoms with Gasteiger partial charge in [-0.25, -0.2) is 0 Å². The van der Waals surface area contributed by atoms with Gasteiger partial charge in [0.1, 0.15) is 0 Å². The van der Waals surface area contributed by atoms with Gasteiger partial charge in [-0.05, 0) is 46.9 Å². The molecule has 0 bridgehead atoms. The molecule has 0 saturated carbocycles. The van der Waals surface area contributed by atoms with Crippen LogP contribution in [0.25, 0.3) is 21.9 Å². The lowest BCUT2D eigenvalue weighted by Crippen LogP contribution is -1.82. The monoisotopic (exact) mass is 246 g/mol. The van der Waals surface area contributed by atoms with Gasteiger partial charge in [0.25, 0.3) is 0 Å². The van der Waals surface area contributed by atoms with Crippen molar-refractivity contribution in [1.29, 1.82) is 0 Å². The zero-order valence-corrected chi connectivity index (χ0v) is 11.5. The van der Waals surface area contributed by atoms with Crippen LogP contribution >= 0.6 is 0 Å². The zero-order chi connectivity index (χ0) is 13.2. The van der Waals surface area contributed by atoms with Gasteiger partial charge in [0.05, 0.1) is 0 Å². The Balaban J connectivity index is 2.06. The summed E-state index contributed by atoms with van der Waals surface area (Å²) >= 11 is 0.